The normalized spacial score (nSPS) is 15.5. The lowest BCUT2D eigenvalue weighted by Gasteiger charge is -2.22. The molecule has 0 spiro atoms. The summed E-state index contributed by atoms with van der Waals surface area (Å²) in [5, 5.41) is 9.86. The highest BCUT2D eigenvalue weighted by Gasteiger charge is 2.23. The van der Waals surface area contributed by atoms with Crippen LogP contribution in [0.15, 0.2) is 29.4 Å². The van der Waals surface area contributed by atoms with Gasteiger partial charge in [0.25, 0.3) is 0 Å². The van der Waals surface area contributed by atoms with Gasteiger partial charge < -0.3 is 5.11 Å². The average Bonchev–Trinajstić information content (AvgIpc) is 2.28. The second-order valence-corrected chi connectivity index (χ2v) is 6.58. The molecule has 1 aromatic rings. The van der Waals surface area contributed by atoms with Gasteiger partial charge in [0.1, 0.15) is 4.90 Å². The lowest BCUT2D eigenvalue weighted by Crippen LogP contribution is -2.42. The third-order valence-corrected chi connectivity index (χ3v) is 4.34. The Labute approximate surface area is 106 Å². The molecule has 0 radical (unpaired) electrons. The molecule has 2 N–H and O–H groups in total. The van der Waals surface area contributed by atoms with Gasteiger partial charge in [0, 0.05) is 24.7 Å². The van der Waals surface area contributed by atoms with Crippen molar-refractivity contribution in [3.8, 4) is 0 Å². The van der Waals surface area contributed by atoms with Crippen LogP contribution in [0.25, 0.3) is 0 Å². The Morgan fingerprint density at radius 1 is 1.59 bits per heavy atom. The topological polar surface area (TPSA) is 79.3 Å². The highest BCUT2D eigenvalue weighted by atomic mass is 32.2. The zero-order chi connectivity index (χ0) is 12.9. The fourth-order valence-corrected chi connectivity index (χ4v) is 3.05. The van der Waals surface area contributed by atoms with Crippen LogP contribution >= 0.6 is 11.8 Å². The zero-order valence-electron chi connectivity index (χ0n) is 9.75. The summed E-state index contributed by atoms with van der Waals surface area (Å²) in [6.07, 6.45) is 4.62. The van der Waals surface area contributed by atoms with Gasteiger partial charge in [-0.1, -0.05) is 0 Å². The standard InChI is InChI=1S/C10H16N2O3S2/c1-10(13,8-16-2)7-12-17(14,15)9-4-3-5-11-6-9/h3-6,12-13H,7-8H2,1-2H3. The van der Waals surface area contributed by atoms with Crippen LogP contribution in [0.5, 0.6) is 0 Å². The van der Waals surface area contributed by atoms with E-state index in [2.05, 4.69) is 9.71 Å². The minimum Gasteiger partial charge on any atom is -0.388 e. The first-order valence-corrected chi connectivity index (χ1v) is 7.86. The maximum Gasteiger partial charge on any atom is 0.242 e. The molecule has 0 saturated carbocycles. The first-order chi connectivity index (χ1) is 7.87. The van der Waals surface area contributed by atoms with Crippen molar-refractivity contribution in [3.05, 3.63) is 24.5 Å². The van der Waals surface area contributed by atoms with Crippen LogP contribution in [0.1, 0.15) is 6.92 Å². The summed E-state index contributed by atoms with van der Waals surface area (Å²) >= 11 is 1.46. The molecule has 96 valence electrons. The van der Waals surface area contributed by atoms with Gasteiger partial charge in [-0.25, -0.2) is 13.1 Å². The zero-order valence-corrected chi connectivity index (χ0v) is 11.4. The number of aliphatic hydroxyl groups is 1. The molecule has 0 saturated heterocycles. The first kappa shape index (κ1) is 14.4. The van der Waals surface area contributed by atoms with Gasteiger partial charge in [0.15, 0.2) is 0 Å². The second-order valence-electron chi connectivity index (χ2n) is 3.94. The summed E-state index contributed by atoms with van der Waals surface area (Å²) in [5.74, 6) is 0.461. The number of sulfonamides is 1. The van der Waals surface area contributed by atoms with Gasteiger partial charge in [-0.3, -0.25) is 4.98 Å². The summed E-state index contributed by atoms with van der Waals surface area (Å²) in [6, 6.07) is 3.01. The van der Waals surface area contributed by atoms with Crippen molar-refractivity contribution in [2.45, 2.75) is 17.4 Å². The fraction of sp³-hybridized carbons (Fsp3) is 0.500. The quantitative estimate of drug-likeness (QED) is 0.790. The highest BCUT2D eigenvalue weighted by molar-refractivity contribution is 7.98. The van der Waals surface area contributed by atoms with Crippen LogP contribution in [0.4, 0.5) is 0 Å². The first-order valence-electron chi connectivity index (χ1n) is 4.98. The van der Waals surface area contributed by atoms with Crippen molar-refractivity contribution in [1.82, 2.24) is 9.71 Å². The minimum atomic E-state index is -3.59. The van der Waals surface area contributed by atoms with Crippen LogP contribution < -0.4 is 4.72 Å². The molecule has 0 aliphatic heterocycles. The molecule has 0 amide bonds. The molecular formula is C10H16N2O3S2. The average molecular weight is 276 g/mol. The Morgan fingerprint density at radius 2 is 2.29 bits per heavy atom. The monoisotopic (exact) mass is 276 g/mol. The number of aromatic nitrogens is 1. The van der Waals surface area contributed by atoms with Gasteiger partial charge in [-0.15, -0.1) is 0 Å². The maximum absolute atomic E-state index is 11.8. The van der Waals surface area contributed by atoms with Gasteiger partial charge >= 0.3 is 0 Å². The van der Waals surface area contributed by atoms with E-state index in [9.17, 15) is 13.5 Å². The van der Waals surface area contributed by atoms with Gasteiger partial charge in [0.2, 0.25) is 10.0 Å². The van der Waals surface area contributed by atoms with Crippen LogP contribution in [0.2, 0.25) is 0 Å². The Hall–Kier alpha value is -0.630. The molecule has 0 bridgehead atoms. The fourth-order valence-electron chi connectivity index (χ4n) is 1.20. The lowest BCUT2D eigenvalue weighted by molar-refractivity contribution is 0.0908. The van der Waals surface area contributed by atoms with Gasteiger partial charge in [-0.05, 0) is 25.3 Å². The number of nitrogens with one attached hydrogen (secondary N) is 1. The number of hydrogen-bond acceptors (Lipinski definition) is 5. The summed E-state index contributed by atoms with van der Waals surface area (Å²) in [7, 11) is -3.59. The van der Waals surface area contributed by atoms with E-state index in [1.165, 1.54) is 30.2 Å². The molecule has 1 aromatic heterocycles. The third-order valence-electron chi connectivity index (χ3n) is 2.04. The Bertz CT molecular complexity index is 446. The molecule has 17 heavy (non-hydrogen) atoms. The Morgan fingerprint density at radius 3 is 2.82 bits per heavy atom. The van der Waals surface area contributed by atoms with E-state index in [1.807, 2.05) is 6.26 Å². The van der Waals surface area contributed by atoms with E-state index < -0.39 is 15.6 Å². The van der Waals surface area contributed by atoms with E-state index in [-0.39, 0.29) is 11.4 Å². The smallest absolute Gasteiger partial charge is 0.242 e. The summed E-state index contributed by atoms with van der Waals surface area (Å²) in [4.78, 5) is 3.84. The molecule has 1 unspecified atom stereocenters. The van der Waals surface area contributed by atoms with Crippen molar-refractivity contribution in [2.75, 3.05) is 18.6 Å². The van der Waals surface area contributed by atoms with E-state index in [4.69, 9.17) is 0 Å². The van der Waals surface area contributed by atoms with E-state index in [1.54, 1.807) is 13.0 Å². The highest BCUT2D eigenvalue weighted by Crippen LogP contribution is 2.11. The second kappa shape index (κ2) is 5.81. The molecule has 5 nitrogen and oxygen atoms in total. The number of hydrogen-bond donors (Lipinski definition) is 2. The number of thioether (sulfide) groups is 1. The van der Waals surface area contributed by atoms with Crippen molar-refractivity contribution in [3.63, 3.8) is 0 Å². The Kier molecular flexibility index (Phi) is 4.93. The molecule has 0 fully saturated rings. The SMILES string of the molecule is CSCC(C)(O)CNS(=O)(=O)c1cccnc1. The number of rotatable bonds is 6. The van der Waals surface area contributed by atoms with E-state index in [0.717, 1.165) is 0 Å². The molecule has 1 heterocycles. The summed E-state index contributed by atoms with van der Waals surface area (Å²) < 4.78 is 26.0. The molecule has 1 rings (SSSR count). The van der Waals surface area contributed by atoms with Crippen molar-refractivity contribution in [2.24, 2.45) is 0 Å². The van der Waals surface area contributed by atoms with Crippen LogP contribution in [0.3, 0.4) is 0 Å². The largest absolute Gasteiger partial charge is 0.388 e. The van der Waals surface area contributed by atoms with Crippen molar-refractivity contribution < 1.29 is 13.5 Å². The molecule has 0 aromatic carbocycles. The van der Waals surface area contributed by atoms with Crippen molar-refractivity contribution in [1.29, 1.82) is 0 Å². The van der Waals surface area contributed by atoms with Crippen LogP contribution in [-0.2, 0) is 10.0 Å². The number of pyridine rings is 1. The molecule has 1 atom stereocenters. The van der Waals surface area contributed by atoms with Crippen LogP contribution in [-0.4, -0.2) is 42.7 Å². The summed E-state index contributed by atoms with van der Waals surface area (Å²) in [5.41, 5.74) is -1.06. The van der Waals surface area contributed by atoms with Gasteiger partial charge in [-0.2, -0.15) is 11.8 Å². The van der Waals surface area contributed by atoms with Gasteiger partial charge in [0.05, 0.1) is 5.60 Å². The molecular weight excluding hydrogens is 260 g/mol. The maximum atomic E-state index is 11.8. The van der Waals surface area contributed by atoms with E-state index in [0.29, 0.717) is 5.75 Å². The summed E-state index contributed by atoms with van der Waals surface area (Å²) in [6.45, 7) is 1.57. The van der Waals surface area contributed by atoms with Crippen molar-refractivity contribution >= 4 is 21.8 Å². The predicted octanol–water partition coefficient (Wildman–Crippen LogP) is 0.474. The predicted molar refractivity (Wildman–Crippen MR) is 68.4 cm³/mol. The van der Waals surface area contributed by atoms with Crippen LogP contribution in [0, 0.1) is 0 Å². The minimum absolute atomic E-state index is 0.0228. The number of nitrogens with zero attached hydrogens (tertiary/aromatic N) is 1. The molecule has 0 aliphatic rings. The molecule has 0 aliphatic carbocycles. The molecule has 7 heteroatoms. The third kappa shape index (κ3) is 4.63. The van der Waals surface area contributed by atoms with E-state index >= 15 is 0 Å². The lowest BCUT2D eigenvalue weighted by atomic mass is 10.1. The Balaban J connectivity index is 2.69.